The van der Waals surface area contributed by atoms with Crippen LogP contribution in [0.15, 0.2) is 42.9 Å². The molecule has 5 rings (SSSR count). The fourth-order valence-corrected chi connectivity index (χ4v) is 4.13. The first-order chi connectivity index (χ1) is 11.8. The number of anilines is 2. The zero-order chi connectivity index (χ0) is 16.1. The van der Waals surface area contributed by atoms with Gasteiger partial charge in [0.05, 0.1) is 10.8 Å². The second kappa shape index (κ2) is 4.80. The highest BCUT2D eigenvalue weighted by Gasteiger charge is 2.49. The van der Waals surface area contributed by atoms with Gasteiger partial charge in [-0.25, -0.2) is 9.97 Å². The number of nitrogens with one attached hydrogen (secondary N) is 2. The molecule has 1 fully saturated rings. The van der Waals surface area contributed by atoms with Gasteiger partial charge in [-0.3, -0.25) is 4.79 Å². The third kappa shape index (κ3) is 1.73. The van der Waals surface area contributed by atoms with Crippen LogP contribution < -0.4 is 10.2 Å². The third-order valence-electron chi connectivity index (χ3n) is 5.25. The SMILES string of the molecule is O=C1Nc2ccccc2[C@]12CCCN(c1ncnc3[nH]ccc13)C2. The highest BCUT2D eigenvalue weighted by atomic mass is 16.2. The van der Waals surface area contributed by atoms with E-state index < -0.39 is 5.41 Å². The van der Waals surface area contributed by atoms with Crippen LogP contribution in [-0.2, 0) is 10.2 Å². The van der Waals surface area contributed by atoms with E-state index in [0.717, 1.165) is 47.5 Å². The lowest BCUT2D eigenvalue weighted by atomic mass is 9.75. The maximum Gasteiger partial charge on any atom is 0.236 e. The van der Waals surface area contributed by atoms with Crippen molar-refractivity contribution in [1.82, 2.24) is 15.0 Å². The number of nitrogens with zero attached hydrogens (tertiary/aromatic N) is 3. The Balaban J connectivity index is 1.60. The van der Waals surface area contributed by atoms with Gasteiger partial charge >= 0.3 is 0 Å². The molecule has 1 aromatic carbocycles. The van der Waals surface area contributed by atoms with Crippen LogP contribution in [0, 0.1) is 0 Å². The average molecular weight is 319 g/mol. The van der Waals surface area contributed by atoms with Gasteiger partial charge in [-0.1, -0.05) is 18.2 Å². The van der Waals surface area contributed by atoms with Crippen molar-refractivity contribution in [2.24, 2.45) is 0 Å². The Bertz CT molecular complexity index is 949. The molecule has 0 unspecified atom stereocenters. The summed E-state index contributed by atoms with van der Waals surface area (Å²) in [7, 11) is 0. The molecule has 6 heteroatoms. The summed E-state index contributed by atoms with van der Waals surface area (Å²) in [5, 5.41) is 4.06. The lowest BCUT2D eigenvalue weighted by molar-refractivity contribution is -0.121. The second-order valence-corrected chi connectivity index (χ2v) is 6.54. The monoisotopic (exact) mass is 319 g/mol. The molecule has 0 aliphatic carbocycles. The Morgan fingerprint density at radius 1 is 1.17 bits per heavy atom. The molecule has 2 aromatic heterocycles. The standard InChI is InChI=1S/C18H17N5O/c24-17-18(13-4-1-2-5-14(13)22-17)7-3-9-23(10-18)16-12-6-8-19-15(12)20-11-21-16/h1-2,4-6,8,11H,3,7,9-10H2,(H,22,24)(H,19,20,21)/t18-/m1/s1. The minimum absolute atomic E-state index is 0.104. The minimum atomic E-state index is -0.484. The summed E-state index contributed by atoms with van der Waals surface area (Å²) in [5.41, 5.74) is 2.40. The predicted molar refractivity (Wildman–Crippen MR) is 92.1 cm³/mol. The quantitative estimate of drug-likeness (QED) is 0.722. The fraction of sp³-hybridized carbons (Fsp3) is 0.278. The number of carbonyl (C=O) groups excluding carboxylic acids is 1. The number of benzene rings is 1. The molecule has 3 aromatic rings. The minimum Gasteiger partial charge on any atom is -0.355 e. The molecule has 1 atom stereocenters. The largest absolute Gasteiger partial charge is 0.355 e. The first-order valence-electron chi connectivity index (χ1n) is 8.22. The molecular weight excluding hydrogens is 302 g/mol. The van der Waals surface area contributed by atoms with Crippen LogP contribution >= 0.6 is 0 Å². The van der Waals surface area contributed by atoms with Crippen molar-refractivity contribution in [3.63, 3.8) is 0 Å². The van der Waals surface area contributed by atoms with E-state index >= 15 is 0 Å². The molecule has 1 saturated heterocycles. The molecule has 1 spiro atoms. The summed E-state index contributed by atoms with van der Waals surface area (Å²) in [6.45, 7) is 1.54. The number of fused-ring (bicyclic) bond motifs is 3. The van der Waals surface area contributed by atoms with Gasteiger partial charge in [0.1, 0.15) is 17.8 Å². The molecule has 4 heterocycles. The number of hydrogen-bond acceptors (Lipinski definition) is 4. The molecule has 120 valence electrons. The Labute approximate surface area is 138 Å². The Morgan fingerprint density at radius 3 is 3.04 bits per heavy atom. The van der Waals surface area contributed by atoms with Crippen LogP contribution in [0.25, 0.3) is 11.0 Å². The van der Waals surface area contributed by atoms with Crippen molar-refractivity contribution in [3.05, 3.63) is 48.4 Å². The van der Waals surface area contributed by atoms with E-state index in [9.17, 15) is 4.79 Å². The molecular formula is C18H17N5O. The zero-order valence-electron chi connectivity index (χ0n) is 13.1. The summed E-state index contributed by atoms with van der Waals surface area (Å²) >= 11 is 0. The van der Waals surface area contributed by atoms with E-state index in [1.807, 2.05) is 30.5 Å². The highest BCUT2D eigenvalue weighted by Crippen LogP contribution is 2.44. The van der Waals surface area contributed by atoms with Crippen LogP contribution in [-0.4, -0.2) is 33.9 Å². The Kier molecular flexibility index (Phi) is 2.71. The van der Waals surface area contributed by atoms with Crippen molar-refractivity contribution in [2.75, 3.05) is 23.3 Å². The van der Waals surface area contributed by atoms with Gasteiger partial charge < -0.3 is 15.2 Å². The molecule has 24 heavy (non-hydrogen) atoms. The second-order valence-electron chi connectivity index (χ2n) is 6.54. The van der Waals surface area contributed by atoms with E-state index in [2.05, 4.69) is 31.2 Å². The van der Waals surface area contributed by atoms with Gasteiger partial charge in [-0.15, -0.1) is 0 Å². The van der Waals surface area contributed by atoms with Crippen molar-refractivity contribution in [3.8, 4) is 0 Å². The maximum absolute atomic E-state index is 12.8. The molecule has 0 saturated carbocycles. The zero-order valence-corrected chi connectivity index (χ0v) is 13.1. The topological polar surface area (TPSA) is 73.9 Å². The number of H-pyrrole nitrogens is 1. The summed E-state index contributed by atoms with van der Waals surface area (Å²) in [6.07, 6.45) is 5.28. The van der Waals surface area contributed by atoms with Crippen molar-refractivity contribution >= 4 is 28.4 Å². The van der Waals surface area contributed by atoms with Crippen LogP contribution in [0.2, 0.25) is 0 Å². The molecule has 2 N–H and O–H groups in total. The number of carbonyl (C=O) groups is 1. The summed E-state index contributed by atoms with van der Waals surface area (Å²) in [6, 6.07) is 10.0. The van der Waals surface area contributed by atoms with Crippen LogP contribution in [0.1, 0.15) is 18.4 Å². The summed E-state index contributed by atoms with van der Waals surface area (Å²) in [4.78, 5) is 26.9. The lowest BCUT2D eigenvalue weighted by Crippen LogP contribution is -2.50. The molecule has 1 amide bonds. The van der Waals surface area contributed by atoms with Crippen LogP contribution in [0.4, 0.5) is 11.5 Å². The van der Waals surface area contributed by atoms with Gasteiger partial charge in [0, 0.05) is 25.0 Å². The fourth-order valence-electron chi connectivity index (χ4n) is 4.13. The van der Waals surface area contributed by atoms with Gasteiger partial charge in [-0.2, -0.15) is 0 Å². The van der Waals surface area contributed by atoms with Crippen molar-refractivity contribution in [1.29, 1.82) is 0 Å². The lowest BCUT2D eigenvalue weighted by Gasteiger charge is -2.39. The predicted octanol–water partition coefficient (Wildman–Crippen LogP) is 2.45. The van der Waals surface area contributed by atoms with E-state index in [-0.39, 0.29) is 5.91 Å². The van der Waals surface area contributed by atoms with Gasteiger partial charge in [0.15, 0.2) is 0 Å². The van der Waals surface area contributed by atoms with Gasteiger partial charge in [-0.05, 0) is 30.5 Å². The van der Waals surface area contributed by atoms with Crippen molar-refractivity contribution < 1.29 is 4.79 Å². The number of piperidine rings is 1. The number of para-hydroxylation sites is 1. The average Bonchev–Trinajstić information content (AvgIpc) is 3.19. The van der Waals surface area contributed by atoms with E-state index in [1.54, 1.807) is 6.33 Å². The third-order valence-corrected chi connectivity index (χ3v) is 5.25. The van der Waals surface area contributed by atoms with Gasteiger partial charge in [0.25, 0.3) is 0 Å². The highest BCUT2D eigenvalue weighted by molar-refractivity contribution is 6.07. The van der Waals surface area contributed by atoms with Crippen molar-refractivity contribution in [2.45, 2.75) is 18.3 Å². The number of hydrogen-bond donors (Lipinski definition) is 2. The van der Waals surface area contributed by atoms with Gasteiger partial charge in [0.2, 0.25) is 5.91 Å². The molecule has 2 aliphatic rings. The number of aromatic nitrogens is 3. The number of aromatic amines is 1. The maximum atomic E-state index is 12.8. The molecule has 6 nitrogen and oxygen atoms in total. The first kappa shape index (κ1) is 13.5. The summed E-state index contributed by atoms with van der Waals surface area (Å²) in [5.74, 6) is 1.00. The molecule has 0 radical (unpaired) electrons. The normalized spacial score (nSPS) is 22.8. The van der Waals surface area contributed by atoms with E-state index in [4.69, 9.17) is 0 Å². The van der Waals surface area contributed by atoms with E-state index in [1.165, 1.54) is 0 Å². The van der Waals surface area contributed by atoms with Crippen LogP contribution in [0.3, 0.4) is 0 Å². The van der Waals surface area contributed by atoms with E-state index in [0.29, 0.717) is 6.54 Å². The smallest absolute Gasteiger partial charge is 0.236 e. The van der Waals surface area contributed by atoms with Crippen LogP contribution in [0.5, 0.6) is 0 Å². The molecule has 0 bridgehead atoms. The number of rotatable bonds is 1. The Hall–Kier alpha value is -2.89. The molecule has 2 aliphatic heterocycles. The Morgan fingerprint density at radius 2 is 2.08 bits per heavy atom. The first-order valence-corrected chi connectivity index (χ1v) is 8.22. The summed E-state index contributed by atoms with van der Waals surface area (Å²) < 4.78 is 0. The number of amides is 1.